The topological polar surface area (TPSA) is 74.9 Å². The fraction of sp³-hybridized carbons (Fsp3) is 0.100. The minimum absolute atomic E-state index is 0.312. The van der Waals surface area contributed by atoms with E-state index in [2.05, 4.69) is 10.2 Å². The van der Waals surface area contributed by atoms with Crippen molar-refractivity contribution in [1.29, 1.82) is 0 Å². The van der Waals surface area contributed by atoms with Crippen LogP contribution in [-0.2, 0) is 0 Å². The molecule has 15 heavy (non-hydrogen) atoms. The molecule has 0 saturated heterocycles. The Balaban J connectivity index is 2.32. The van der Waals surface area contributed by atoms with E-state index in [0.717, 1.165) is 0 Å². The zero-order valence-corrected chi connectivity index (χ0v) is 7.81. The molecular weight excluding hydrogens is 197 g/mol. The van der Waals surface area contributed by atoms with Gasteiger partial charge in [-0.2, -0.15) is 5.10 Å². The molecule has 1 aromatic heterocycles. The lowest BCUT2D eigenvalue weighted by Crippen LogP contribution is -2.01. The number of nitrogens with two attached hydrogens (primary N) is 1. The molecule has 2 aromatic rings. The Morgan fingerprint density at radius 3 is 2.53 bits per heavy atom. The summed E-state index contributed by atoms with van der Waals surface area (Å²) in [6.45, 7) is 0. The maximum absolute atomic E-state index is 12.6. The maximum atomic E-state index is 12.6. The molecule has 0 aliphatic carbocycles. The van der Waals surface area contributed by atoms with E-state index in [1.165, 1.54) is 30.5 Å². The van der Waals surface area contributed by atoms with Crippen molar-refractivity contribution in [2.24, 2.45) is 0 Å². The van der Waals surface area contributed by atoms with Crippen LogP contribution in [-0.4, -0.2) is 15.3 Å². The third-order valence-electron chi connectivity index (χ3n) is 2.18. The number of nitrogens with one attached hydrogen (secondary N) is 1. The first kappa shape index (κ1) is 9.67. The second-order valence-electron chi connectivity index (χ2n) is 3.19. The molecule has 0 aliphatic heterocycles. The highest BCUT2D eigenvalue weighted by Crippen LogP contribution is 2.24. The summed E-state index contributed by atoms with van der Waals surface area (Å²) < 4.78 is 12.6. The third-order valence-corrected chi connectivity index (χ3v) is 2.18. The first-order valence-corrected chi connectivity index (χ1v) is 4.41. The molecule has 78 valence electrons. The van der Waals surface area contributed by atoms with Crippen molar-refractivity contribution < 1.29 is 9.50 Å². The van der Waals surface area contributed by atoms with Gasteiger partial charge in [-0.1, -0.05) is 12.1 Å². The highest BCUT2D eigenvalue weighted by atomic mass is 19.1. The number of anilines is 1. The number of aromatic amines is 1. The number of nitrogens with zero attached hydrogens (tertiary/aromatic N) is 1. The van der Waals surface area contributed by atoms with E-state index in [9.17, 15) is 9.50 Å². The summed E-state index contributed by atoms with van der Waals surface area (Å²) >= 11 is 0. The molecule has 5 heteroatoms. The number of H-pyrrole nitrogens is 1. The van der Waals surface area contributed by atoms with Gasteiger partial charge in [-0.3, -0.25) is 5.10 Å². The number of aliphatic hydroxyl groups is 1. The van der Waals surface area contributed by atoms with Crippen LogP contribution in [0.3, 0.4) is 0 Å². The van der Waals surface area contributed by atoms with E-state index in [-0.39, 0.29) is 5.82 Å². The fourth-order valence-electron chi connectivity index (χ4n) is 1.35. The van der Waals surface area contributed by atoms with Gasteiger partial charge >= 0.3 is 0 Å². The van der Waals surface area contributed by atoms with Crippen molar-refractivity contribution in [1.82, 2.24) is 10.2 Å². The monoisotopic (exact) mass is 207 g/mol. The van der Waals surface area contributed by atoms with Crippen molar-refractivity contribution in [3.8, 4) is 0 Å². The summed E-state index contributed by atoms with van der Waals surface area (Å²) in [6.07, 6.45) is 0.563. The summed E-state index contributed by atoms with van der Waals surface area (Å²) in [7, 11) is 0. The molecule has 1 aromatic carbocycles. The SMILES string of the molecule is Nc1[nH]ncc1C(O)c1ccc(F)cc1. The summed E-state index contributed by atoms with van der Waals surface area (Å²) in [5.41, 5.74) is 6.62. The number of hydrogen-bond donors (Lipinski definition) is 3. The summed E-state index contributed by atoms with van der Waals surface area (Å²) in [4.78, 5) is 0. The van der Waals surface area contributed by atoms with Crippen molar-refractivity contribution in [3.63, 3.8) is 0 Å². The lowest BCUT2D eigenvalue weighted by atomic mass is 10.0. The molecule has 0 aliphatic rings. The quantitative estimate of drug-likeness (QED) is 0.692. The Kier molecular flexibility index (Phi) is 2.39. The van der Waals surface area contributed by atoms with E-state index < -0.39 is 6.10 Å². The maximum Gasteiger partial charge on any atom is 0.125 e. The Bertz CT molecular complexity index is 452. The van der Waals surface area contributed by atoms with Crippen LogP contribution in [0.15, 0.2) is 30.5 Å². The molecular formula is C10H10FN3O. The van der Waals surface area contributed by atoms with Gasteiger partial charge in [-0.15, -0.1) is 0 Å². The number of halogens is 1. The Labute approximate surface area is 85.6 Å². The van der Waals surface area contributed by atoms with E-state index in [4.69, 9.17) is 5.73 Å². The van der Waals surface area contributed by atoms with Gasteiger partial charge in [-0.05, 0) is 17.7 Å². The molecule has 0 spiro atoms. The number of hydrogen-bond acceptors (Lipinski definition) is 3. The second-order valence-corrected chi connectivity index (χ2v) is 3.19. The Hall–Kier alpha value is -1.88. The standard InChI is InChI=1S/C10H10FN3O/c11-7-3-1-6(2-4-7)9(15)8-5-13-14-10(8)12/h1-5,9,15H,(H3,12,13,14). The van der Waals surface area contributed by atoms with Crippen LogP contribution >= 0.6 is 0 Å². The molecule has 4 nitrogen and oxygen atoms in total. The summed E-state index contributed by atoms with van der Waals surface area (Å²) in [5, 5.41) is 16.1. The van der Waals surface area contributed by atoms with E-state index >= 15 is 0 Å². The second kappa shape index (κ2) is 3.70. The smallest absolute Gasteiger partial charge is 0.125 e. The van der Waals surface area contributed by atoms with Gasteiger partial charge in [0.1, 0.15) is 17.7 Å². The zero-order valence-electron chi connectivity index (χ0n) is 7.81. The Morgan fingerprint density at radius 1 is 1.33 bits per heavy atom. The molecule has 4 N–H and O–H groups in total. The molecule has 0 bridgehead atoms. The normalized spacial score (nSPS) is 12.7. The average molecular weight is 207 g/mol. The van der Waals surface area contributed by atoms with Crippen molar-refractivity contribution in [3.05, 3.63) is 47.4 Å². The molecule has 1 unspecified atom stereocenters. The highest BCUT2D eigenvalue weighted by Gasteiger charge is 2.14. The van der Waals surface area contributed by atoms with Gasteiger partial charge in [0.25, 0.3) is 0 Å². The summed E-state index contributed by atoms with van der Waals surface area (Å²) in [5.74, 6) is -0.0297. The van der Waals surface area contributed by atoms with Gasteiger partial charge in [-0.25, -0.2) is 4.39 Å². The van der Waals surface area contributed by atoms with Gasteiger partial charge in [0, 0.05) is 5.56 Å². The number of rotatable bonds is 2. The van der Waals surface area contributed by atoms with Crippen molar-refractivity contribution in [2.75, 3.05) is 5.73 Å². The number of aliphatic hydroxyl groups excluding tert-OH is 1. The number of nitrogen functional groups attached to an aromatic ring is 1. The molecule has 1 heterocycles. The molecule has 1 atom stereocenters. The molecule has 2 rings (SSSR count). The molecule has 0 radical (unpaired) electrons. The summed E-state index contributed by atoms with van der Waals surface area (Å²) in [6, 6.07) is 5.59. The molecule has 0 amide bonds. The van der Waals surface area contributed by atoms with E-state index in [1.807, 2.05) is 0 Å². The average Bonchev–Trinajstić information content (AvgIpc) is 2.65. The largest absolute Gasteiger partial charge is 0.384 e. The molecule has 0 saturated carbocycles. The van der Waals surface area contributed by atoms with Gasteiger partial charge < -0.3 is 10.8 Å². The number of aromatic nitrogens is 2. The van der Waals surface area contributed by atoms with Gasteiger partial charge in [0.2, 0.25) is 0 Å². The predicted molar refractivity (Wildman–Crippen MR) is 53.5 cm³/mol. The highest BCUT2D eigenvalue weighted by molar-refractivity contribution is 5.42. The van der Waals surface area contributed by atoms with Crippen LogP contribution in [0.25, 0.3) is 0 Å². The number of benzene rings is 1. The van der Waals surface area contributed by atoms with Crippen molar-refractivity contribution in [2.45, 2.75) is 6.10 Å². The predicted octanol–water partition coefficient (Wildman–Crippen LogP) is 1.21. The third kappa shape index (κ3) is 1.82. The van der Waals surface area contributed by atoms with Gasteiger partial charge in [0.05, 0.1) is 6.20 Å². The Morgan fingerprint density at radius 2 is 2.00 bits per heavy atom. The van der Waals surface area contributed by atoms with Crippen molar-refractivity contribution >= 4 is 5.82 Å². The van der Waals surface area contributed by atoms with Crippen LogP contribution < -0.4 is 5.73 Å². The van der Waals surface area contributed by atoms with Crippen LogP contribution in [0, 0.1) is 5.82 Å². The van der Waals surface area contributed by atoms with Gasteiger partial charge in [0.15, 0.2) is 0 Å². The van der Waals surface area contributed by atoms with Crippen LogP contribution in [0.1, 0.15) is 17.2 Å². The molecule has 0 fully saturated rings. The van der Waals surface area contributed by atoms with Crippen LogP contribution in [0.4, 0.5) is 10.2 Å². The fourth-order valence-corrected chi connectivity index (χ4v) is 1.35. The minimum atomic E-state index is -0.885. The van der Waals surface area contributed by atoms with Crippen LogP contribution in [0.5, 0.6) is 0 Å². The first-order chi connectivity index (χ1) is 7.18. The lowest BCUT2D eigenvalue weighted by Gasteiger charge is -2.09. The van der Waals surface area contributed by atoms with E-state index in [1.54, 1.807) is 0 Å². The minimum Gasteiger partial charge on any atom is -0.384 e. The lowest BCUT2D eigenvalue weighted by molar-refractivity contribution is 0.221. The first-order valence-electron chi connectivity index (χ1n) is 4.41. The zero-order chi connectivity index (χ0) is 10.8. The van der Waals surface area contributed by atoms with E-state index in [0.29, 0.717) is 16.9 Å². The van der Waals surface area contributed by atoms with Crippen LogP contribution in [0.2, 0.25) is 0 Å².